The Balaban J connectivity index is -0.000000273. The van der Waals surface area contributed by atoms with E-state index in [1.807, 2.05) is 319 Å². The van der Waals surface area contributed by atoms with Crippen molar-refractivity contribution in [2.24, 2.45) is 42.3 Å². The van der Waals surface area contributed by atoms with E-state index < -0.39 is 0 Å². The van der Waals surface area contributed by atoms with Gasteiger partial charge in [0.25, 0.3) is 72.9 Å². The van der Waals surface area contributed by atoms with E-state index in [9.17, 15) is 0 Å². The number of nitrogens with zero attached hydrogens (tertiary/aromatic N) is 25. The maximum Gasteiger partial charge on any atom is 0.292 e. The minimum Gasteiger partial charge on any atom is -0.264 e. The van der Waals surface area contributed by atoms with Crippen molar-refractivity contribution < 1.29 is 27.4 Å². The molecule has 0 spiro atoms. The molecule has 0 saturated heterocycles. The van der Waals surface area contributed by atoms with Crippen LogP contribution in [-0.4, -0.2) is 94.7 Å². The maximum atomic E-state index is 4.26. The molecule has 1 aromatic carbocycles. The molecule has 0 bridgehead atoms. The number of benzene rings is 1. The van der Waals surface area contributed by atoms with Crippen LogP contribution in [0.3, 0.4) is 0 Å². The fourth-order valence-corrected chi connectivity index (χ4v) is 7.92. The van der Waals surface area contributed by atoms with E-state index in [4.69, 9.17) is 0 Å². The fourth-order valence-electron chi connectivity index (χ4n) is 7.92. The lowest BCUT2D eigenvalue weighted by molar-refractivity contribution is -0.666. The predicted octanol–water partition coefficient (Wildman–Crippen LogP) is 15.7. The molecule has 12 rings (SSSR count). The third kappa shape index (κ3) is 39.8. The molecule has 0 aliphatic heterocycles. The molecule has 12 aromatic rings. The standard InChI is InChI=1S/C11H12N3.3C10H11N4.2C9H10N5.12C2H6/c1-9-5-3-4-6-10(9)11-13-7-12-8-14(11)2;1-8-5-11-4-3-9(8)10-13-6-12-7-14(10)2;1-8-3-4-11-5-9(8)10-13-6-12-7-14(10)2;1-8-9(4-3-5-12-8)10-13-6-11-7-14(10)2;1-7-8(3-10-4-12-7)9-13-5-11-6-14(9)2;1-7-3-10-4-12-8(7)9-13-5-11-6-14(9)2;12*1-2/h3-8H,1-2H3;3*3-7H,1-2H3;2*3-6H,1-2H3;12*1-2H3/q6*+1;;;;;;;;;;;;. The summed E-state index contributed by atoms with van der Waals surface area (Å²) in [6.45, 7) is 60.0. The summed E-state index contributed by atoms with van der Waals surface area (Å²) in [5.41, 5.74) is 12.5. The van der Waals surface area contributed by atoms with Crippen molar-refractivity contribution in [3.63, 3.8) is 0 Å². The van der Waals surface area contributed by atoms with E-state index >= 15 is 0 Å². The third-order valence-electron chi connectivity index (χ3n) is 12.4. The second-order valence-corrected chi connectivity index (χ2v) is 18.6. The van der Waals surface area contributed by atoms with Crippen molar-refractivity contribution in [1.29, 1.82) is 0 Å². The quantitative estimate of drug-likeness (QED) is 0.140. The molecule has 0 radical (unpaired) electrons. The Morgan fingerprint density at radius 2 is 0.491 bits per heavy atom. The van der Waals surface area contributed by atoms with E-state index in [-0.39, 0.29) is 0 Å². The average Bonchev–Trinajstić information content (AvgIpc) is 0.883. The predicted molar refractivity (Wildman–Crippen MR) is 441 cm³/mol. The summed E-state index contributed by atoms with van der Waals surface area (Å²) in [7, 11) is 11.5. The van der Waals surface area contributed by atoms with Gasteiger partial charge in [-0.05, 0) is 94.1 Å². The van der Waals surface area contributed by atoms with Gasteiger partial charge in [-0.3, -0.25) is 15.0 Å². The summed E-state index contributed by atoms with van der Waals surface area (Å²) in [6.07, 6.45) is 35.1. The number of rotatable bonds is 6. The van der Waals surface area contributed by atoms with Crippen molar-refractivity contribution >= 4 is 0 Å². The van der Waals surface area contributed by atoms with Gasteiger partial charge in [0.1, 0.15) is 18.3 Å². The Morgan fingerprint density at radius 1 is 0.204 bits per heavy atom. The van der Waals surface area contributed by atoms with Crippen LogP contribution < -0.4 is 27.4 Å². The van der Waals surface area contributed by atoms with Crippen LogP contribution in [0.5, 0.6) is 0 Å². The van der Waals surface area contributed by atoms with Crippen LogP contribution in [0.15, 0.2) is 180 Å². The highest BCUT2D eigenvalue weighted by Crippen LogP contribution is 2.19. The summed E-state index contributed by atoms with van der Waals surface area (Å²) in [5.74, 6) is 5.22. The SMILES string of the molecule is CC.CC.CC.CC.CC.CC.CC.CC.CC.CC.CC.CC.Cc1ccccc1-c1ncnc[n+]1C.Cc1ccncc1-c1ncnc[n+]1C.Cc1cnccc1-c1ncnc[n+]1C.Cc1cncnc1-c1ncnc[n+]1C.Cc1ncccc1-c1ncnc[n+]1C.Cc1ncncc1-c1ncnc[n+]1C. The lowest BCUT2D eigenvalue weighted by atomic mass is 10.1. The van der Waals surface area contributed by atoms with E-state index in [1.54, 1.807) is 94.3 Å². The molecule has 588 valence electrons. The number of hydrogen-bond donors (Lipinski definition) is 0. The van der Waals surface area contributed by atoms with Crippen LogP contribution in [0, 0.1) is 41.5 Å². The van der Waals surface area contributed by atoms with Gasteiger partial charge < -0.3 is 0 Å². The van der Waals surface area contributed by atoms with E-state index in [2.05, 4.69) is 114 Å². The number of aryl methyl sites for hydroxylation is 12. The minimum atomic E-state index is 0.792. The molecule has 0 saturated carbocycles. The van der Waals surface area contributed by atoms with Crippen LogP contribution in [0.4, 0.5) is 0 Å². The first kappa shape index (κ1) is 108. The summed E-state index contributed by atoms with van der Waals surface area (Å²) < 4.78 is 11.2. The molecule has 0 aliphatic carbocycles. The summed E-state index contributed by atoms with van der Waals surface area (Å²) >= 11 is 0. The van der Waals surface area contributed by atoms with Gasteiger partial charge in [-0.25, -0.2) is 47.3 Å². The summed E-state index contributed by atoms with van der Waals surface area (Å²) in [5, 5.41) is 0. The van der Waals surface area contributed by atoms with Crippen LogP contribution in [0.1, 0.15) is 200 Å². The summed E-state index contributed by atoms with van der Waals surface area (Å²) in [6, 6.07) is 16.0. The molecule has 0 atom stereocenters. The minimum absolute atomic E-state index is 0.792. The van der Waals surface area contributed by atoms with Crippen molar-refractivity contribution in [3.8, 4) is 68.5 Å². The molecule has 11 aromatic heterocycles. The highest BCUT2D eigenvalue weighted by molar-refractivity contribution is 5.58. The molecule has 25 heteroatoms. The molecule has 108 heavy (non-hydrogen) atoms. The first-order valence-corrected chi connectivity index (χ1v) is 38.0. The van der Waals surface area contributed by atoms with E-state index in [0.29, 0.717) is 0 Å². The van der Waals surface area contributed by atoms with Crippen LogP contribution in [0.25, 0.3) is 68.5 Å². The van der Waals surface area contributed by atoms with Gasteiger partial charge in [0.2, 0.25) is 38.0 Å². The van der Waals surface area contributed by atoms with E-state index in [1.165, 1.54) is 30.9 Å². The van der Waals surface area contributed by atoms with Crippen LogP contribution >= 0.6 is 0 Å². The van der Waals surface area contributed by atoms with Crippen molar-refractivity contribution in [2.45, 2.75) is 208 Å². The molecule has 0 N–H and O–H groups in total. The second kappa shape index (κ2) is 72.8. The van der Waals surface area contributed by atoms with Gasteiger partial charge in [-0.15, -0.1) is 0 Å². The highest BCUT2D eigenvalue weighted by atomic mass is 15.1. The number of pyridine rings is 3. The Hall–Kier alpha value is -11.1. The smallest absolute Gasteiger partial charge is 0.264 e. The molecule has 0 aliphatic rings. The van der Waals surface area contributed by atoms with Crippen molar-refractivity contribution in [3.05, 3.63) is 214 Å². The van der Waals surface area contributed by atoms with Gasteiger partial charge in [-0.1, -0.05) is 244 Å². The monoisotopic (exact) mass is 1480 g/mol. The van der Waals surface area contributed by atoms with E-state index in [0.717, 1.165) is 96.5 Å². The van der Waals surface area contributed by atoms with Crippen LogP contribution in [0.2, 0.25) is 0 Å². The molecule has 0 unspecified atom stereocenters. The molecular formula is C83H137N25+6. The number of hydrogen-bond acceptors (Lipinski definition) is 19. The second-order valence-electron chi connectivity index (χ2n) is 18.6. The molecule has 11 heterocycles. The van der Waals surface area contributed by atoms with Crippen molar-refractivity contribution in [1.82, 2.24) is 94.7 Å². The van der Waals surface area contributed by atoms with Gasteiger partial charge in [0.15, 0.2) is 0 Å². The first-order valence-electron chi connectivity index (χ1n) is 38.0. The van der Waals surface area contributed by atoms with Crippen LogP contribution in [-0.2, 0) is 42.3 Å². The Bertz CT molecular complexity index is 3150. The van der Waals surface area contributed by atoms with Gasteiger partial charge in [0, 0.05) is 43.4 Å². The Kier molecular flexibility index (Phi) is 72.7. The first-order chi connectivity index (χ1) is 52.7. The zero-order valence-corrected chi connectivity index (χ0v) is 72.9. The van der Waals surface area contributed by atoms with Gasteiger partial charge in [0.05, 0.1) is 81.5 Å². The van der Waals surface area contributed by atoms with Gasteiger partial charge >= 0.3 is 0 Å². The molecule has 0 fully saturated rings. The topological polar surface area (TPSA) is 268 Å². The normalized spacial score (nSPS) is 8.56. The Labute approximate surface area is 651 Å². The molecular weight excluding hydrogens is 1350 g/mol. The maximum absolute atomic E-state index is 4.26. The van der Waals surface area contributed by atoms with Crippen molar-refractivity contribution in [2.75, 3.05) is 0 Å². The largest absolute Gasteiger partial charge is 0.292 e. The molecule has 0 amide bonds. The zero-order valence-electron chi connectivity index (χ0n) is 72.9. The third-order valence-corrected chi connectivity index (χ3v) is 12.4. The lowest BCUT2D eigenvalue weighted by Crippen LogP contribution is -2.32. The Morgan fingerprint density at radius 3 is 0.861 bits per heavy atom. The fraction of sp³-hybridized carbons (Fsp3) is 0.434. The number of aromatic nitrogens is 25. The summed E-state index contributed by atoms with van der Waals surface area (Å²) in [4.78, 5) is 77.4. The highest BCUT2D eigenvalue weighted by Gasteiger charge is 2.17. The molecule has 25 nitrogen and oxygen atoms in total. The average molecular weight is 1490 g/mol. The zero-order chi connectivity index (χ0) is 83.8. The lowest BCUT2D eigenvalue weighted by Gasteiger charge is -2.01. The van der Waals surface area contributed by atoms with Gasteiger partial charge in [-0.2, -0.15) is 0 Å².